The Labute approximate surface area is 324 Å². The summed E-state index contributed by atoms with van der Waals surface area (Å²) in [5, 5.41) is 13.7. The zero-order valence-electron chi connectivity index (χ0n) is 31.3. The number of aliphatic hydroxyl groups is 1. The molecule has 2 heterocycles. The number of nitrogens with zero attached hydrogens (tertiary/aromatic N) is 3. The van der Waals surface area contributed by atoms with Crippen molar-refractivity contribution in [2.45, 2.75) is 68.2 Å². The zero-order valence-corrected chi connectivity index (χ0v) is 33.0. The highest BCUT2D eigenvalue weighted by Gasteiger charge is 2.38. The Hall–Kier alpha value is -4.31. The molecule has 0 aliphatic carbocycles. The summed E-state index contributed by atoms with van der Waals surface area (Å²) >= 11 is 0. The highest BCUT2D eigenvalue weighted by Crippen LogP contribution is 2.32. The number of amides is 1. The third-order valence-electron chi connectivity index (χ3n) is 9.99. The molecule has 1 fully saturated rings. The number of hydrogen-bond donors (Lipinski definition) is 2. The maximum Gasteiger partial charge on any atom is 0.256 e. The molecule has 1 amide bonds. The van der Waals surface area contributed by atoms with E-state index >= 15 is 0 Å². The number of carbonyl (C=O) groups is 1. The van der Waals surface area contributed by atoms with Crippen molar-refractivity contribution in [2.75, 3.05) is 51.3 Å². The molecule has 0 aromatic heterocycles. The van der Waals surface area contributed by atoms with Gasteiger partial charge in [0, 0.05) is 45.0 Å². The van der Waals surface area contributed by atoms with E-state index in [4.69, 9.17) is 9.47 Å². The zero-order chi connectivity index (χ0) is 39.0. The maximum atomic E-state index is 14.1. The van der Waals surface area contributed by atoms with Crippen molar-refractivity contribution in [3.63, 3.8) is 0 Å². The minimum absolute atomic E-state index is 0.0574. The van der Waals surface area contributed by atoms with E-state index in [1.165, 1.54) is 8.61 Å². The standard InChI is InChI=1S/C41H50N4O8S2/c1-31-12-17-35(18-13-31)54(48,49)43(22-7-27-52-30-33-9-4-3-5-10-33)25-26-44(55(50,51)36-19-14-32(2)15-20-36)23-8-28-53-34-16-21-38-37(29-34)41(47)45-24-6-11-39(45)40(46)42-38/h3-5,9-10,12-21,29,39-40,42,46H,6-8,11,22-28,30H2,1-2H3/t39-,40?/m0/s1. The molecule has 294 valence electrons. The van der Waals surface area contributed by atoms with Gasteiger partial charge in [0.15, 0.2) is 0 Å². The van der Waals surface area contributed by atoms with Gasteiger partial charge in [0.25, 0.3) is 5.91 Å². The summed E-state index contributed by atoms with van der Waals surface area (Å²) in [7, 11) is -8.00. The molecule has 0 bridgehead atoms. The lowest BCUT2D eigenvalue weighted by Gasteiger charge is -2.27. The summed E-state index contributed by atoms with van der Waals surface area (Å²) in [4.78, 5) is 15.3. The predicted octanol–water partition coefficient (Wildman–Crippen LogP) is 5.41. The summed E-state index contributed by atoms with van der Waals surface area (Å²) in [5.41, 5.74) is 3.78. The van der Waals surface area contributed by atoms with Crippen LogP contribution in [0.2, 0.25) is 0 Å². The van der Waals surface area contributed by atoms with Crippen molar-refractivity contribution in [1.82, 2.24) is 13.5 Å². The molecule has 2 aliphatic rings. The largest absolute Gasteiger partial charge is 0.494 e. The number of rotatable bonds is 18. The molecular weight excluding hydrogens is 741 g/mol. The van der Waals surface area contributed by atoms with E-state index < -0.39 is 26.3 Å². The summed E-state index contributed by atoms with van der Waals surface area (Å²) in [5.74, 6) is 0.272. The third kappa shape index (κ3) is 9.93. The average molecular weight is 791 g/mol. The molecule has 2 aliphatic heterocycles. The number of sulfonamides is 2. The Morgan fingerprint density at radius 2 is 1.35 bits per heavy atom. The van der Waals surface area contributed by atoms with Crippen LogP contribution in [-0.2, 0) is 31.4 Å². The van der Waals surface area contributed by atoms with Gasteiger partial charge in [0.2, 0.25) is 20.0 Å². The van der Waals surface area contributed by atoms with E-state index in [0.29, 0.717) is 49.6 Å². The van der Waals surface area contributed by atoms with Crippen LogP contribution in [0, 0.1) is 13.8 Å². The van der Waals surface area contributed by atoms with Gasteiger partial charge in [0.1, 0.15) is 12.0 Å². The van der Waals surface area contributed by atoms with Crippen LogP contribution in [0.4, 0.5) is 5.69 Å². The first-order valence-electron chi connectivity index (χ1n) is 18.7. The summed E-state index contributed by atoms with van der Waals surface area (Å²) in [6.45, 7) is 5.21. The summed E-state index contributed by atoms with van der Waals surface area (Å²) in [6, 6.07) is 27.7. The first kappa shape index (κ1) is 40.4. The lowest BCUT2D eigenvalue weighted by molar-refractivity contribution is 0.0581. The molecule has 4 aromatic carbocycles. The fourth-order valence-corrected chi connectivity index (χ4v) is 9.82. The van der Waals surface area contributed by atoms with Crippen LogP contribution in [0.1, 0.15) is 52.7 Å². The van der Waals surface area contributed by atoms with Crippen LogP contribution >= 0.6 is 0 Å². The quantitative estimate of drug-likeness (QED) is 0.127. The SMILES string of the molecule is Cc1ccc(S(=O)(=O)N(CCCOCc2ccccc2)CCN(CCCOc2ccc3c(c2)C(=O)N2CCC[C@H]2C(O)N3)S(=O)(=O)c2ccc(C)cc2)cc1. The normalized spacial score (nSPS) is 17.2. The van der Waals surface area contributed by atoms with E-state index in [9.17, 15) is 26.7 Å². The molecule has 55 heavy (non-hydrogen) atoms. The number of anilines is 1. The molecule has 2 N–H and O–H groups in total. The van der Waals surface area contributed by atoms with Crippen LogP contribution < -0.4 is 10.1 Å². The van der Waals surface area contributed by atoms with Crippen molar-refractivity contribution >= 4 is 31.6 Å². The average Bonchev–Trinajstić information content (AvgIpc) is 3.65. The van der Waals surface area contributed by atoms with Crippen molar-refractivity contribution in [2.24, 2.45) is 0 Å². The van der Waals surface area contributed by atoms with Crippen LogP contribution in [0.25, 0.3) is 0 Å². The molecule has 1 saturated heterocycles. The molecule has 14 heteroatoms. The lowest BCUT2D eigenvalue weighted by Crippen LogP contribution is -2.43. The minimum Gasteiger partial charge on any atom is -0.494 e. The fourth-order valence-electron chi connectivity index (χ4n) is 6.88. The number of hydrogen-bond acceptors (Lipinski definition) is 9. The fraction of sp³-hybridized carbons (Fsp3) is 0.390. The highest BCUT2D eigenvalue weighted by atomic mass is 32.2. The van der Waals surface area contributed by atoms with Crippen LogP contribution in [0.5, 0.6) is 5.75 Å². The van der Waals surface area contributed by atoms with Gasteiger partial charge in [-0.15, -0.1) is 0 Å². The van der Waals surface area contributed by atoms with Crippen LogP contribution in [0.15, 0.2) is 107 Å². The van der Waals surface area contributed by atoms with Gasteiger partial charge < -0.3 is 24.8 Å². The second kappa shape index (κ2) is 18.1. The molecular formula is C41H50N4O8S2. The van der Waals surface area contributed by atoms with E-state index in [1.54, 1.807) is 71.6 Å². The topological polar surface area (TPSA) is 146 Å². The molecule has 1 unspecified atom stereocenters. The Bertz CT molecular complexity index is 2120. The molecule has 6 rings (SSSR count). The molecule has 0 spiro atoms. The molecule has 0 saturated carbocycles. The molecule has 0 radical (unpaired) electrons. The second-order valence-electron chi connectivity index (χ2n) is 14.0. The van der Waals surface area contributed by atoms with Crippen LogP contribution in [-0.4, -0.2) is 99.6 Å². The van der Waals surface area contributed by atoms with Gasteiger partial charge in [-0.2, -0.15) is 8.61 Å². The van der Waals surface area contributed by atoms with Gasteiger partial charge >= 0.3 is 0 Å². The second-order valence-corrected chi connectivity index (χ2v) is 17.9. The number of ether oxygens (including phenoxy) is 2. The Kier molecular flexibility index (Phi) is 13.3. The lowest BCUT2D eigenvalue weighted by atomic mass is 10.1. The van der Waals surface area contributed by atoms with E-state index in [1.807, 2.05) is 44.2 Å². The van der Waals surface area contributed by atoms with E-state index in [-0.39, 0.29) is 54.5 Å². The molecule has 12 nitrogen and oxygen atoms in total. The summed E-state index contributed by atoms with van der Waals surface area (Å²) in [6.07, 6.45) is 1.38. The van der Waals surface area contributed by atoms with E-state index in [0.717, 1.165) is 29.5 Å². The van der Waals surface area contributed by atoms with E-state index in [2.05, 4.69) is 5.32 Å². The predicted molar refractivity (Wildman–Crippen MR) is 211 cm³/mol. The van der Waals surface area contributed by atoms with Gasteiger partial charge in [-0.25, -0.2) is 16.8 Å². The van der Waals surface area contributed by atoms with Crippen molar-refractivity contribution in [3.8, 4) is 5.75 Å². The van der Waals surface area contributed by atoms with Crippen molar-refractivity contribution < 1.29 is 36.2 Å². The highest BCUT2D eigenvalue weighted by molar-refractivity contribution is 7.89. The van der Waals surface area contributed by atoms with Gasteiger partial charge in [-0.1, -0.05) is 65.7 Å². The molecule has 4 aromatic rings. The first-order valence-corrected chi connectivity index (χ1v) is 21.6. The van der Waals surface area contributed by atoms with Gasteiger partial charge in [-0.05, 0) is 87.6 Å². The number of benzene rings is 4. The molecule has 2 atom stereocenters. The number of carbonyl (C=O) groups excluding carboxylic acids is 1. The van der Waals surface area contributed by atoms with Crippen LogP contribution in [0.3, 0.4) is 0 Å². The Balaban J connectivity index is 1.15. The first-order chi connectivity index (χ1) is 26.4. The van der Waals surface area contributed by atoms with Gasteiger partial charge in [0.05, 0.1) is 34.6 Å². The Morgan fingerprint density at radius 1 is 0.764 bits per heavy atom. The van der Waals surface area contributed by atoms with Gasteiger partial charge in [-0.3, -0.25) is 4.79 Å². The number of nitrogens with one attached hydrogen (secondary N) is 1. The monoisotopic (exact) mass is 790 g/mol. The summed E-state index contributed by atoms with van der Waals surface area (Å²) < 4.78 is 70.7. The van der Waals surface area contributed by atoms with Crippen molar-refractivity contribution in [3.05, 3.63) is 119 Å². The number of aliphatic hydroxyl groups excluding tert-OH is 1. The Morgan fingerprint density at radius 3 is 1.95 bits per heavy atom. The maximum absolute atomic E-state index is 14.1. The minimum atomic E-state index is -4.02. The third-order valence-corrected chi connectivity index (χ3v) is 13.8. The van der Waals surface area contributed by atoms with Crippen molar-refractivity contribution in [1.29, 1.82) is 0 Å². The number of fused-ring (bicyclic) bond motifs is 2. The number of aryl methyl sites for hydroxylation is 2. The smallest absolute Gasteiger partial charge is 0.256 e.